The maximum atomic E-state index is 5.51. The van der Waals surface area contributed by atoms with Crippen LogP contribution in [0.5, 0.6) is 0 Å². The van der Waals surface area contributed by atoms with Gasteiger partial charge in [0.2, 0.25) is 0 Å². The highest BCUT2D eigenvalue weighted by molar-refractivity contribution is 7.14. The van der Waals surface area contributed by atoms with Gasteiger partial charge in [-0.3, -0.25) is 0 Å². The van der Waals surface area contributed by atoms with Crippen molar-refractivity contribution in [2.75, 3.05) is 0 Å². The van der Waals surface area contributed by atoms with Crippen molar-refractivity contribution in [3.8, 4) is 0 Å². The molecule has 1 aromatic heterocycles. The van der Waals surface area contributed by atoms with E-state index in [1.54, 1.807) is 11.3 Å². The zero-order valence-electron chi connectivity index (χ0n) is 6.59. The van der Waals surface area contributed by atoms with E-state index in [2.05, 4.69) is 5.10 Å². The molecule has 0 amide bonds. The second-order valence-electron chi connectivity index (χ2n) is 2.36. The molecule has 3 nitrogen and oxygen atoms in total. The molecule has 0 spiro atoms. The fourth-order valence-electron chi connectivity index (χ4n) is 0.763. The quantitative estimate of drug-likeness (QED) is 0.284. The third-order valence-electron chi connectivity index (χ3n) is 1.56. The van der Waals surface area contributed by atoms with E-state index < -0.39 is 0 Å². The van der Waals surface area contributed by atoms with Crippen molar-refractivity contribution >= 4 is 17.2 Å². The Morgan fingerprint density at radius 1 is 1.55 bits per heavy atom. The number of hydrogen-bond donors (Lipinski definition) is 2. The average Bonchev–Trinajstić information content (AvgIpc) is 2.31. The molecule has 60 valence electrons. The van der Waals surface area contributed by atoms with Crippen LogP contribution in [0.3, 0.4) is 0 Å². The van der Waals surface area contributed by atoms with Gasteiger partial charge in [-0.15, -0.1) is 11.3 Å². The zero-order chi connectivity index (χ0) is 8.43. The summed E-state index contributed by atoms with van der Waals surface area (Å²) in [6.45, 7) is 4.09. The van der Waals surface area contributed by atoms with Crippen molar-refractivity contribution in [1.82, 2.24) is 0 Å². The summed E-state index contributed by atoms with van der Waals surface area (Å²) >= 11 is 1.61. The van der Waals surface area contributed by atoms with Crippen LogP contribution >= 0.6 is 11.3 Å². The molecular formula is C7H11N3S. The van der Waals surface area contributed by atoms with Gasteiger partial charge in [-0.25, -0.2) is 0 Å². The Balaban J connectivity index is 3.07. The van der Waals surface area contributed by atoms with E-state index in [0.29, 0.717) is 5.84 Å². The van der Waals surface area contributed by atoms with Crippen LogP contribution in [0.15, 0.2) is 11.2 Å². The second-order valence-corrected chi connectivity index (χ2v) is 3.62. The van der Waals surface area contributed by atoms with Crippen LogP contribution in [-0.2, 0) is 0 Å². The van der Waals surface area contributed by atoms with Gasteiger partial charge in [-0.05, 0) is 25.5 Å². The highest BCUT2D eigenvalue weighted by atomic mass is 32.1. The molecule has 1 heterocycles. The van der Waals surface area contributed by atoms with Crippen molar-refractivity contribution in [3.63, 3.8) is 0 Å². The van der Waals surface area contributed by atoms with E-state index in [4.69, 9.17) is 11.6 Å². The predicted octanol–water partition coefficient (Wildman–Crippen LogP) is 0.944. The number of thiophene rings is 1. The maximum Gasteiger partial charge on any atom is 0.160 e. The Morgan fingerprint density at radius 3 is 2.55 bits per heavy atom. The molecule has 4 N–H and O–H groups in total. The topological polar surface area (TPSA) is 64.4 Å². The highest BCUT2D eigenvalue weighted by Gasteiger charge is 2.03. The van der Waals surface area contributed by atoms with Crippen molar-refractivity contribution in [2.24, 2.45) is 16.7 Å². The third-order valence-corrected chi connectivity index (χ3v) is 2.73. The van der Waals surface area contributed by atoms with Gasteiger partial charge in [0.25, 0.3) is 0 Å². The maximum absolute atomic E-state index is 5.51. The lowest BCUT2D eigenvalue weighted by Gasteiger charge is -1.89. The average molecular weight is 169 g/mol. The van der Waals surface area contributed by atoms with Gasteiger partial charge in [0, 0.05) is 4.88 Å². The number of rotatable bonds is 1. The summed E-state index contributed by atoms with van der Waals surface area (Å²) in [7, 11) is 0. The molecule has 0 saturated heterocycles. The molecule has 0 bridgehead atoms. The molecule has 0 radical (unpaired) electrons. The van der Waals surface area contributed by atoms with Crippen LogP contribution in [-0.4, -0.2) is 5.84 Å². The van der Waals surface area contributed by atoms with E-state index >= 15 is 0 Å². The molecule has 11 heavy (non-hydrogen) atoms. The summed E-state index contributed by atoms with van der Waals surface area (Å²) in [6.07, 6.45) is 0. The fraction of sp³-hybridized carbons (Fsp3) is 0.286. The zero-order valence-corrected chi connectivity index (χ0v) is 7.40. The summed E-state index contributed by atoms with van der Waals surface area (Å²) in [5.41, 5.74) is 6.74. The molecule has 0 aliphatic carbocycles. The van der Waals surface area contributed by atoms with Gasteiger partial charge < -0.3 is 11.6 Å². The number of amidine groups is 1. The molecule has 0 atom stereocenters. The molecule has 4 heteroatoms. The van der Waals surface area contributed by atoms with Crippen LogP contribution in [0, 0.1) is 13.8 Å². The summed E-state index contributed by atoms with van der Waals surface area (Å²) in [5, 5.41) is 3.42. The summed E-state index contributed by atoms with van der Waals surface area (Å²) < 4.78 is 0. The van der Waals surface area contributed by atoms with Crippen LogP contribution < -0.4 is 11.6 Å². The van der Waals surface area contributed by atoms with Crippen molar-refractivity contribution in [1.29, 1.82) is 0 Å². The first-order valence-electron chi connectivity index (χ1n) is 3.26. The summed E-state index contributed by atoms with van der Waals surface area (Å²) in [4.78, 5) is 2.20. The molecule has 0 saturated carbocycles. The minimum absolute atomic E-state index is 0.409. The van der Waals surface area contributed by atoms with Gasteiger partial charge in [0.1, 0.15) is 0 Å². The number of aryl methyl sites for hydroxylation is 2. The summed E-state index contributed by atoms with van der Waals surface area (Å²) in [5.74, 6) is 5.44. The molecule has 1 aromatic rings. The van der Waals surface area contributed by atoms with Gasteiger partial charge >= 0.3 is 0 Å². The van der Waals surface area contributed by atoms with Gasteiger partial charge in [-0.1, -0.05) is 0 Å². The van der Waals surface area contributed by atoms with Crippen molar-refractivity contribution < 1.29 is 0 Å². The van der Waals surface area contributed by atoms with E-state index in [1.807, 2.05) is 19.9 Å². The first-order valence-corrected chi connectivity index (χ1v) is 4.07. The molecule has 0 aliphatic heterocycles. The minimum Gasteiger partial charge on any atom is -0.381 e. The highest BCUT2D eigenvalue weighted by Crippen LogP contribution is 2.19. The fourth-order valence-corrected chi connectivity index (χ4v) is 1.71. The Hall–Kier alpha value is -1.03. The van der Waals surface area contributed by atoms with Crippen LogP contribution in [0.2, 0.25) is 0 Å². The molecular weight excluding hydrogens is 158 g/mol. The monoisotopic (exact) mass is 169 g/mol. The first kappa shape index (κ1) is 8.07. The van der Waals surface area contributed by atoms with E-state index in [9.17, 15) is 0 Å². The molecule has 1 rings (SSSR count). The second kappa shape index (κ2) is 2.92. The molecule has 0 aromatic carbocycles. The SMILES string of the molecule is Cc1cc(/C(N)=N/N)sc1C. The lowest BCUT2D eigenvalue weighted by atomic mass is 10.3. The number of hydrazone groups is 1. The van der Waals surface area contributed by atoms with Gasteiger partial charge in [0.15, 0.2) is 5.84 Å². The Bertz CT molecular complexity index is 268. The lowest BCUT2D eigenvalue weighted by molar-refractivity contribution is 1.23. The number of hydrogen-bond acceptors (Lipinski definition) is 3. The number of nitrogens with two attached hydrogens (primary N) is 2. The lowest BCUT2D eigenvalue weighted by Crippen LogP contribution is -2.13. The van der Waals surface area contributed by atoms with Crippen molar-refractivity contribution in [2.45, 2.75) is 13.8 Å². The third kappa shape index (κ3) is 1.51. The molecule has 0 unspecified atom stereocenters. The normalized spacial score (nSPS) is 12.0. The van der Waals surface area contributed by atoms with Gasteiger partial charge in [0.05, 0.1) is 4.88 Å². The first-order chi connectivity index (χ1) is 5.15. The molecule has 0 aliphatic rings. The standard InChI is InChI=1S/C7H11N3S/c1-4-3-6(7(8)10-9)11-5(4)2/h3H,9H2,1-2H3,(H2,8,10). The smallest absolute Gasteiger partial charge is 0.160 e. The summed E-state index contributed by atoms with van der Waals surface area (Å²) in [6, 6.07) is 1.99. The number of nitrogens with zero attached hydrogens (tertiary/aromatic N) is 1. The molecule has 0 fully saturated rings. The minimum atomic E-state index is 0.409. The van der Waals surface area contributed by atoms with E-state index in [-0.39, 0.29) is 0 Å². The largest absolute Gasteiger partial charge is 0.381 e. The Kier molecular flexibility index (Phi) is 2.14. The van der Waals surface area contributed by atoms with Crippen molar-refractivity contribution in [3.05, 3.63) is 21.4 Å². The van der Waals surface area contributed by atoms with E-state index in [0.717, 1.165) is 4.88 Å². The van der Waals surface area contributed by atoms with Crippen LogP contribution in [0.25, 0.3) is 0 Å². The van der Waals surface area contributed by atoms with Crippen LogP contribution in [0.1, 0.15) is 15.3 Å². The van der Waals surface area contributed by atoms with Gasteiger partial charge in [-0.2, -0.15) is 5.10 Å². The van der Waals surface area contributed by atoms with Crippen LogP contribution in [0.4, 0.5) is 0 Å². The van der Waals surface area contributed by atoms with E-state index in [1.165, 1.54) is 10.4 Å². The Morgan fingerprint density at radius 2 is 2.18 bits per heavy atom. The Labute approximate surface area is 69.7 Å². The predicted molar refractivity (Wildman–Crippen MR) is 48.7 cm³/mol.